The average molecular weight is 310 g/mol. The van der Waals surface area contributed by atoms with E-state index in [2.05, 4.69) is 0 Å². The predicted octanol–water partition coefficient (Wildman–Crippen LogP) is 1.64. The zero-order valence-corrected chi connectivity index (χ0v) is 12.5. The summed E-state index contributed by atoms with van der Waals surface area (Å²) in [7, 11) is 0. The molecule has 0 fully saturated rings. The number of esters is 1. The molecule has 8 heteroatoms. The lowest BCUT2D eigenvalue weighted by atomic mass is 9.93. The number of rotatable bonds is 5. The van der Waals surface area contributed by atoms with E-state index in [0.717, 1.165) is 6.07 Å². The Kier molecular flexibility index (Phi) is 5.21. The molecule has 0 aliphatic heterocycles. The van der Waals surface area contributed by atoms with Crippen molar-refractivity contribution in [3.63, 3.8) is 0 Å². The van der Waals surface area contributed by atoms with Gasteiger partial charge in [0.2, 0.25) is 0 Å². The molecule has 1 aromatic rings. The van der Waals surface area contributed by atoms with Crippen molar-refractivity contribution in [2.75, 3.05) is 0 Å². The lowest BCUT2D eigenvalue weighted by Crippen LogP contribution is -2.39. The maximum absolute atomic E-state index is 12.0. The topological polar surface area (TPSA) is 133 Å². The third-order valence-corrected chi connectivity index (χ3v) is 2.75. The fraction of sp³-hybridized carbons (Fsp3) is 0.429. The molecule has 0 saturated heterocycles. The Morgan fingerprint density at radius 2 is 1.95 bits per heavy atom. The van der Waals surface area contributed by atoms with Gasteiger partial charge in [0.25, 0.3) is 5.69 Å². The number of hydrogen-bond acceptors (Lipinski definition) is 6. The summed E-state index contributed by atoms with van der Waals surface area (Å²) in [6.45, 7) is 4.80. The van der Waals surface area contributed by atoms with Crippen molar-refractivity contribution in [1.82, 2.24) is 0 Å². The summed E-state index contributed by atoms with van der Waals surface area (Å²) in [5.41, 5.74) is 4.90. The highest BCUT2D eigenvalue weighted by Gasteiger charge is 2.37. The highest BCUT2D eigenvalue weighted by Crippen LogP contribution is 2.26. The van der Waals surface area contributed by atoms with Crippen molar-refractivity contribution in [3.8, 4) is 0 Å². The van der Waals surface area contributed by atoms with E-state index >= 15 is 0 Å². The van der Waals surface area contributed by atoms with E-state index in [1.165, 1.54) is 18.2 Å². The number of aliphatic carboxylic acids is 1. The quantitative estimate of drug-likeness (QED) is 0.365. The van der Waals surface area contributed by atoms with Gasteiger partial charge in [-0.2, -0.15) is 0 Å². The summed E-state index contributed by atoms with van der Waals surface area (Å²) in [5.74, 6) is -4.09. The Labute approximate surface area is 127 Å². The van der Waals surface area contributed by atoms with Crippen LogP contribution in [0.4, 0.5) is 5.69 Å². The molecule has 3 N–H and O–H groups in total. The molecule has 0 spiro atoms. The number of carbonyl (C=O) groups is 2. The van der Waals surface area contributed by atoms with Crippen LogP contribution >= 0.6 is 0 Å². The van der Waals surface area contributed by atoms with Crippen LogP contribution in [0.25, 0.3) is 0 Å². The van der Waals surface area contributed by atoms with Crippen molar-refractivity contribution in [3.05, 3.63) is 39.9 Å². The molecule has 0 amide bonds. The first kappa shape index (κ1) is 17.6. The molecule has 22 heavy (non-hydrogen) atoms. The fourth-order valence-electron chi connectivity index (χ4n) is 1.80. The number of carbonyl (C=O) groups excluding carboxylic acids is 1. The van der Waals surface area contributed by atoms with Crippen molar-refractivity contribution in [1.29, 1.82) is 0 Å². The molecule has 1 aromatic carbocycles. The number of nitro groups is 1. The molecule has 0 radical (unpaired) electrons. The Bertz CT molecular complexity index is 593. The molecule has 2 atom stereocenters. The van der Waals surface area contributed by atoms with Crippen LogP contribution in [-0.2, 0) is 14.3 Å². The summed E-state index contributed by atoms with van der Waals surface area (Å²) in [5, 5.41) is 20.0. The zero-order chi connectivity index (χ0) is 17.1. The fourth-order valence-corrected chi connectivity index (χ4v) is 1.80. The van der Waals surface area contributed by atoms with E-state index in [0.29, 0.717) is 0 Å². The van der Waals surface area contributed by atoms with Gasteiger partial charge in [-0.05, 0) is 26.3 Å². The summed E-state index contributed by atoms with van der Waals surface area (Å²) >= 11 is 0. The largest absolute Gasteiger partial charge is 0.481 e. The molecule has 0 aliphatic rings. The Morgan fingerprint density at radius 3 is 2.41 bits per heavy atom. The van der Waals surface area contributed by atoms with Gasteiger partial charge in [-0.15, -0.1) is 0 Å². The molecular formula is C14H18N2O6. The van der Waals surface area contributed by atoms with E-state index in [1.807, 2.05) is 0 Å². The summed E-state index contributed by atoms with van der Waals surface area (Å²) in [6.07, 6.45) is 0. The molecule has 2 unspecified atom stereocenters. The lowest BCUT2D eigenvalue weighted by Gasteiger charge is -2.25. The average Bonchev–Trinajstić information content (AvgIpc) is 2.36. The third kappa shape index (κ3) is 4.52. The predicted molar refractivity (Wildman–Crippen MR) is 77.0 cm³/mol. The van der Waals surface area contributed by atoms with Crippen molar-refractivity contribution in [2.45, 2.75) is 32.4 Å². The number of carboxylic acids is 1. The molecular weight excluding hydrogens is 292 g/mol. The minimum atomic E-state index is -1.65. The highest BCUT2D eigenvalue weighted by atomic mass is 16.6. The van der Waals surface area contributed by atoms with Gasteiger partial charge in [-0.25, -0.2) is 0 Å². The number of hydrogen-bond donors (Lipinski definition) is 2. The van der Waals surface area contributed by atoms with Crippen LogP contribution in [0.2, 0.25) is 0 Å². The maximum atomic E-state index is 12.0. The summed E-state index contributed by atoms with van der Waals surface area (Å²) in [6, 6.07) is 3.94. The Hall–Kier alpha value is -2.48. The van der Waals surface area contributed by atoms with Crippen molar-refractivity contribution < 1.29 is 24.4 Å². The monoisotopic (exact) mass is 310 g/mol. The molecule has 0 aliphatic carbocycles. The van der Waals surface area contributed by atoms with E-state index in [1.54, 1.807) is 20.8 Å². The van der Waals surface area contributed by atoms with Crippen LogP contribution in [-0.4, -0.2) is 27.6 Å². The molecule has 120 valence electrons. The van der Waals surface area contributed by atoms with Crippen LogP contribution in [0.15, 0.2) is 24.3 Å². The van der Waals surface area contributed by atoms with Crippen LogP contribution < -0.4 is 5.73 Å². The van der Waals surface area contributed by atoms with Crippen molar-refractivity contribution in [2.24, 2.45) is 11.7 Å². The van der Waals surface area contributed by atoms with Crippen molar-refractivity contribution >= 4 is 17.6 Å². The molecule has 1 rings (SSSR count). The first-order chi connectivity index (χ1) is 10.0. The minimum absolute atomic E-state index is 0.174. The van der Waals surface area contributed by atoms with Gasteiger partial charge in [0.1, 0.15) is 5.60 Å². The Morgan fingerprint density at radius 1 is 1.36 bits per heavy atom. The third-order valence-electron chi connectivity index (χ3n) is 2.75. The number of ether oxygens (including phenoxy) is 1. The van der Waals surface area contributed by atoms with Gasteiger partial charge in [0.05, 0.1) is 11.0 Å². The zero-order valence-electron chi connectivity index (χ0n) is 12.5. The van der Waals surface area contributed by atoms with Gasteiger partial charge in [-0.3, -0.25) is 19.7 Å². The first-order valence-electron chi connectivity index (χ1n) is 6.48. The van der Waals surface area contributed by atoms with Gasteiger partial charge < -0.3 is 15.6 Å². The van der Waals surface area contributed by atoms with Crippen LogP contribution in [0.1, 0.15) is 32.4 Å². The second-order valence-corrected chi connectivity index (χ2v) is 5.73. The first-order valence-corrected chi connectivity index (χ1v) is 6.48. The number of nitro benzene ring substituents is 1. The number of carboxylic acid groups (broad SMARTS) is 1. The second-order valence-electron chi connectivity index (χ2n) is 5.73. The standard InChI is InChI=1S/C14H18N2O6/c1-14(2,3)22-13(19)10(12(17)18)11(15)8-5-4-6-9(7-8)16(20)21/h4-7,10-11H,15H2,1-3H3,(H,17,18). The SMILES string of the molecule is CC(C)(C)OC(=O)C(C(=O)O)C(N)c1cccc([N+](=O)[O-])c1. The van der Waals surface area contributed by atoms with Gasteiger partial charge >= 0.3 is 11.9 Å². The van der Waals surface area contributed by atoms with E-state index in [9.17, 15) is 24.8 Å². The molecule has 0 saturated carbocycles. The molecule has 0 heterocycles. The van der Waals surface area contributed by atoms with Crippen LogP contribution in [0.5, 0.6) is 0 Å². The maximum Gasteiger partial charge on any atom is 0.322 e. The van der Waals surface area contributed by atoms with Gasteiger partial charge in [0, 0.05) is 12.1 Å². The highest BCUT2D eigenvalue weighted by molar-refractivity contribution is 5.95. The van der Waals surface area contributed by atoms with E-state index in [4.69, 9.17) is 10.5 Å². The number of benzene rings is 1. The van der Waals surface area contributed by atoms with Crippen LogP contribution in [0, 0.1) is 16.0 Å². The summed E-state index contributed by atoms with van der Waals surface area (Å²) in [4.78, 5) is 33.5. The molecule has 0 aromatic heterocycles. The van der Waals surface area contributed by atoms with E-state index < -0.39 is 34.4 Å². The second kappa shape index (κ2) is 6.52. The van der Waals surface area contributed by atoms with E-state index in [-0.39, 0.29) is 11.3 Å². The van der Waals surface area contributed by atoms with Crippen LogP contribution in [0.3, 0.4) is 0 Å². The summed E-state index contributed by atoms with van der Waals surface area (Å²) < 4.78 is 5.05. The van der Waals surface area contributed by atoms with Gasteiger partial charge in [0.15, 0.2) is 5.92 Å². The lowest BCUT2D eigenvalue weighted by molar-refractivity contribution is -0.384. The van der Waals surface area contributed by atoms with Gasteiger partial charge in [-0.1, -0.05) is 12.1 Å². The molecule has 8 nitrogen and oxygen atoms in total. The normalized spacial score (nSPS) is 14.0. The molecule has 0 bridgehead atoms. The number of non-ortho nitro benzene ring substituents is 1. The number of nitrogens with zero attached hydrogens (tertiary/aromatic N) is 1. The minimum Gasteiger partial charge on any atom is -0.481 e. The number of nitrogens with two attached hydrogens (primary N) is 1. The smallest absolute Gasteiger partial charge is 0.322 e. The Balaban J connectivity index is 3.11.